The minimum Gasteiger partial charge on any atom is -0.491 e. The van der Waals surface area contributed by atoms with Gasteiger partial charge in [-0.3, -0.25) is 4.79 Å². The molecule has 2 atom stereocenters. The second-order valence-corrected chi connectivity index (χ2v) is 4.83. The topological polar surface area (TPSA) is 58.6 Å². The molecule has 2 unspecified atom stereocenters. The number of aliphatic carboxylic acids is 1. The number of benzene rings is 1. The Morgan fingerprint density at radius 2 is 2.11 bits per heavy atom. The van der Waals surface area contributed by atoms with Crippen molar-refractivity contribution in [1.29, 1.82) is 0 Å². The van der Waals surface area contributed by atoms with Gasteiger partial charge in [0.15, 0.2) is 0 Å². The Labute approximate surface area is 107 Å². The molecule has 4 heteroatoms. The summed E-state index contributed by atoms with van der Waals surface area (Å²) in [5.41, 5.74) is 2.17. The lowest BCUT2D eigenvalue weighted by Crippen LogP contribution is -2.36. The average molecular weight is 249 g/mol. The number of aryl methyl sites for hydroxylation is 2. The van der Waals surface area contributed by atoms with Crippen molar-refractivity contribution < 1.29 is 14.6 Å². The van der Waals surface area contributed by atoms with E-state index in [1.807, 2.05) is 32.0 Å². The maximum absolute atomic E-state index is 11.1. The van der Waals surface area contributed by atoms with Gasteiger partial charge in [-0.2, -0.15) is 0 Å². The molecule has 98 valence electrons. The van der Waals surface area contributed by atoms with E-state index in [1.165, 1.54) is 0 Å². The molecule has 0 aromatic heterocycles. The van der Waals surface area contributed by atoms with Crippen LogP contribution in [0.2, 0.25) is 0 Å². The summed E-state index contributed by atoms with van der Waals surface area (Å²) in [5.74, 6) is -0.209. The molecular weight excluding hydrogens is 230 g/mol. The van der Waals surface area contributed by atoms with Crippen molar-refractivity contribution in [3.63, 3.8) is 0 Å². The Balaban J connectivity index is 2.01. The fourth-order valence-corrected chi connectivity index (χ4v) is 2.44. The highest BCUT2D eigenvalue weighted by molar-refractivity contribution is 5.71. The molecule has 1 aliphatic rings. The zero-order valence-electron chi connectivity index (χ0n) is 10.8. The van der Waals surface area contributed by atoms with E-state index in [9.17, 15) is 4.79 Å². The lowest BCUT2D eigenvalue weighted by Gasteiger charge is -2.18. The third-order valence-corrected chi connectivity index (χ3v) is 3.48. The van der Waals surface area contributed by atoms with Gasteiger partial charge in [-0.1, -0.05) is 18.2 Å². The largest absolute Gasteiger partial charge is 0.491 e. The van der Waals surface area contributed by atoms with E-state index in [-0.39, 0.29) is 12.0 Å². The van der Waals surface area contributed by atoms with Crippen LogP contribution in [-0.4, -0.2) is 30.3 Å². The highest BCUT2D eigenvalue weighted by Gasteiger charge is 2.33. The standard InChI is InChI=1S/C14H19NO3/c1-9-4-3-5-10(2)13(9)18-8-12-11(14(16)17)6-7-15-12/h3-5,11-12,15H,6-8H2,1-2H3,(H,16,17). The van der Waals surface area contributed by atoms with Gasteiger partial charge < -0.3 is 15.2 Å². The number of carboxylic acids is 1. The van der Waals surface area contributed by atoms with Gasteiger partial charge in [0, 0.05) is 0 Å². The number of carboxylic acid groups (broad SMARTS) is 1. The van der Waals surface area contributed by atoms with Crippen LogP contribution in [0.3, 0.4) is 0 Å². The van der Waals surface area contributed by atoms with Gasteiger partial charge in [-0.15, -0.1) is 0 Å². The van der Waals surface area contributed by atoms with Crippen molar-refractivity contribution in [2.24, 2.45) is 5.92 Å². The predicted molar refractivity (Wildman–Crippen MR) is 68.9 cm³/mol. The monoisotopic (exact) mass is 249 g/mol. The Bertz CT molecular complexity index is 424. The van der Waals surface area contributed by atoms with Crippen LogP contribution in [0, 0.1) is 19.8 Å². The zero-order chi connectivity index (χ0) is 13.1. The normalized spacial score (nSPS) is 23.0. The maximum Gasteiger partial charge on any atom is 0.308 e. The zero-order valence-corrected chi connectivity index (χ0v) is 10.8. The first-order chi connectivity index (χ1) is 8.59. The summed E-state index contributed by atoms with van der Waals surface area (Å²) in [6, 6.07) is 5.89. The first-order valence-corrected chi connectivity index (χ1v) is 6.25. The highest BCUT2D eigenvalue weighted by Crippen LogP contribution is 2.24. The number of para-hydroxylation sites is 1. The summed E-state index contributed by atoms with van der Waals surface area (Å²) in [5, 5.41) is 12.3. The molecule has 1 aromatic rings. The summed E-state index contributed by atoms with van der Waals surface area (Å²) in [4.78, 5) is 11.1. The lowest BCUT2D eigenvalue weighted by molar-refractivity contribution is -0.142. The van der Waals surface area contributed by atoms with E-state index in [2.05, 4.69) is 5.32 Å². The van der Waals surface area contributed by atoms with E-state index < -0.39 is 5.97 Å². The van der Waals surface area contributed by atoms with Gasteiger partial charge in [0.05, 0.1) is 12.0 Å². The van der Waals surface area contributed by atoms with Crippen molar-refractivity contribution in [3.8, 4) is 5.75 Å². The molecule has 18 heavy (non-hydrogen) atoms. The molecule has 2 N–H and O–H groups in total. The summed E-state index contributed by atoms with van der Waals surface area (Å²) >= 11 is 0. The summed E-state index contributed by atoms with van der Waals surface area (Å²) in [6.07, 6.45) is 0.677. The minimum absolute atomic E-state index is 0.0958. The summed E-state index contributed by atoms with van der Waals surface area (Å²) < 4.78 is 5.81. The van der Waals surface area contributed by atoms with Crippen LogP contribution in [0.25, 0.3) is 0 Å². The quantitative estimate of drug-likeness (QED) is 0.853. The van der Waals surface area contributed by atoms with Gasteiger partial charge in [0.25, 0.3) is 0 Å². The molecule has 0 saturated carbocycles. The molecule has 0 amide bonds. The molecule has 0 radical (unpaired) electrons. The Morgan fingerprint density at radius 1 is 1.44 bits per heavy atom. The van der Waals surface area contributed by atoms with Gasteiger partial charge in [-0.25, -0.2) is 0 Å². The Hall–Kier alpha value is -1.55. The van der Waals surface area contributed by atoms with Crippen LogP contribution in [0.15, 0.2) is 18.2 Å². The smallest absolute Gasteiger partial charge is 0.308 e. The first-order valence-electron chi connectivity index (χ1n) is 6.25. The van der Waals surface area contributed by atoms with Crippen molar-refractivity contribution in [1.82, 2.24) is 5.32 Å². The number of hydrogen-bond donors (Lipinski definition) is 2. The van der Waals surface area contributed by atoms with Crippen LogP contribution < -0.4 is 10.1 Å². The van der Waals surface area contributed by atoms with E-state index >= 15 is 0 Å². The fraction of sp³-hybridized carbons (Fsp3) is 0.500. The number of ether oxygens (including phenoxy) is 1. The molecule has 0 spiro atoms. The van der Waals surface area contributed by atoms with E-state index in [4.69, 9.17) is 9.84 Å². The lowest BCUT2D eigenvalue weighted by atomic mass is 10.0. The molecule has 0 bridgehead atoms. The highest BCUT2D eigenvalue weighted by atomic mass is 16.5. The molecule has 0 aliphatic carbocycles. The van der Waals surface area contributed by atoms with E-state index in [0.717, 1.165) is 23.4 Å². The number of nitrogens with one attached hydrogen (secondary N) is 1. The van der Waals surface area contributed by atoms with Crippen LogP contribution >= 0.6 is 0 Å². The van der Waals surface area contributed by atoms with Crippen molar-refractivity contribution >= 4 is 5.97 Å². The molecular formula is C14H19NO3. The van der Waals surface area contributed by atoms with Crippen molar-refractivity contribution in [3.05, 3.63) is 29.3 Å². The van der Waals surface area contributed by atoms with Crippen LogP contribution in [0.5, 0.6) is 5.75 Å². The first kappa shape index (κ1) is 12.9. The Kier molecular flexibility index (Phi) is 3.87. The molecule has 4 nitrogen and oxygen atoms in total. The molecule has 2 rings (SSSR count). The van der Waals surface area contributed by atoms with Crippen LogP contribution in [0.4, 0.5) is 0 Å². The van der Waals surface area contributed by atoms with Crippen LogP contribution in [-0.2, 0) is 4.79 Å². The third-order valence-electron chi connectivity index (χ3n) is 3.48. The number of carbonyl (C=O) groups is 1. The van der Waals surface area contributed by atoms with Gasteiger partial charge in [0.2, 0.25) is 0 Å². The number of rotatable bonds is 4. The molecule has 1 heterocycles. The SMILES string of the molecule is Cc1cccc(C)c1OCC1NCCC1C(=O)O. The fourth-order valence-electron chi connectivity index (χ4n) is 2.44. The maximum atomic E-state index is 11.1. The third kappa shape index (κ3) is 2.64. The van der Waals surface area contributed by atoms with Crippen molar-refractivity contribution in [2.45, 2.75) is 26.3 Å². The van der Waals surface area contributed by atoms with Gasteiger partial charge >= 0.3 is 5.97 Å². The number of hydrogen-bond acceptors (Lipinski definition) is 3. The van der Waals surface area contributed by atoms with E-state index in [1.54, 1.807) is 0 Å². The molecule has 1 saturated heterocycles. The average Bonchev–Trinajstić information content (AvgIpc) is 2.76. The second-order valence-electron chi connectivity index (χ2n) is 4.83. The molecule has 1 aliphatic heterocycles. The molecule has 1 aromatic carbocycles. The summed E-state index contributed by atoms with van der Waals surface area (Å²) in [7, 11) is 0. The van der Waals surface area contributed by atoms with Gasteiger partial charge in [0.1, 0.15) is 12.4 Å². The van der Waals surface area contributed by atoms with Gasteiger partial charge in [-0.05, 0) is 37.9 Å². The summed E-state index contributed by atoms with van der Waals surface area (Å²) in [6.45, 7) is 5.15. The van der Waals surface area contributed by atoms with Crippen LogP contribution in [0.1, 0.15) is 17.5 Å². The Morgan fingerprint density at radius 3 is 2.72 bits per heavy atom. The second kappa shape index (κ2) is 5.40. The van der Waals surface area contributed by atoms with Crippen molar-refractivity contribution in [2.75, 3.05) is 13.2 Å². The van der Waals surface area contributed by atoms with E-state index in [0.29, 0.717) is 13.0 Å². The minimum atomic E-state index is -0.741. The molecule has 1 fully saturated rings. The predicted octanol–water partition coefficient (Wildman–Crippen LogP) is 1.74.